The summed E-state index contributed by atoms with van der Waals surface area (Å²) in [6.07, 6.45) is 0.315. The average Bonchev–Trinajstić information content (AvgIpc) is 3.05. The fourth-order valence-electron chi connectivity index (χ4n) is 3.53. The third-order valence-electron chi connectivity index (χ3n) is 4.95. The van der Waals surface area contributed by atoms with Gasteiger partial charge in [-0.05, 0) is 24.1 Å². The van der Waals surface area contributed by atoms with Crippen LogP contribution in [0.25, 0.3) is 5.69 Å². The van der Waals surface area contributed by atoms with Gasteiger partial charge in [0.2, 0.25) is 5.88 Å². The Morgan fingerprint density at radius 2 is 1.83 bits per heavy atom. The second kappa shape index (κ2) is 8.77. The largest absolute Gasteiger partial charge is 0.395 e. The van der Waals surface area contributed by atoms with Gasteiger partial charge in [0.05, 0.1) is 28.8 Å². The Labute approximate surface area is 180 Å². The van der Waals surface area contributed by atoms with E-state index in [0.717, 1.165) is 11.1 Å². The molecule has 0 amide bonds. The van der Waals surface area contributed by atoms with Crippen molar-refractivity contribution in [3.63, 3.8) is 0 Å². The van der Waals surface area contributed by atoms with Gasteiger partial charge in [0, 0.05) is 25.2 Å². The first-order valence-electron chi connectivity index (χ1n) is 9.62. The van der Waals surface area contributed by atoms with Crippen LogP contribution in [0, 0.1) is 0 Å². The summed E-state index contributed by atoms with van der Waals surface area (Å²) in [4.78, 5) is 2.07. The van der Waals surface area contributed by atoms with Crippen LogP contribution in [0.3, 0.4) is 0 Å². The lowest BCUT2D eigenvalue weighted by atomic mass is 10.1. The lowest BCUT2D eigenvalue weighted by molar-refractivity contribution is 0.182. The fourth-order valence-corrected chi connectivity index (χ4v) is 4.69. The maximum Gasteiger partial charge on any atom is 0.311 e. The van der Waals surface area contributed by atoms with Crippen molar-refractivity contribution >= 4 is 21.7 Å². The highest BCUT2D eigenvalue weighted by atomic mass is 35.5. The smallest absolute Gasteiger partial charge is 0.311 e. The molecule has 2 aromatic carbocycles. The number of hydrogen-bond donors (Lipinski definition) is 1. The lowest BCUT2D eigenvalue weighted by Gasteiger charge is -2.21. The second-order valence-electron chi connectivity index (χ2n) is 7.11. The molecule has 4 rings (SSSR count). The minimum Gasteiger partial charge on any atom is -0.395 e. The van der Waals surface area contributed by atoms with E-state index in [4.69, 9.17) is 15.8 Å². The topological polar surface area (TPSA) is 84.7 Å². The molecule has 158 valence electrons. The highest BCUT2D eigenvalue weighted by Gasteiger charge is 2.31. The SMILES string of the molecule is O=S1(=O)CCc2c(CN(CCO)Cc3ccccc3)nn(-c3ccccc3Cl)c2O1. The Hall–Kier alpha value is -2.39. The van der Waals surface area contributed by atoms with E-state index < -0.39 is 10.1 Å². The molecular weight excluding hydrogens is 426 g/mol. The zero-order chi connectivity index (χ0) is 21.1. The van der Waals surface area contributed by atoms with Gasteiger partial charge in [-0.3, -0.25) is 4.90 Å². The molecule has 30 heavy (non-hydrogen) atoms. The van der Waals surface area contributed by atoms with Crippen LogP contribution >= 0.6 is 11.6 Å². The summed E-state index contributed by atoms with van der Waals surface area (Å²) in [5.74, 6) is 0.0907. The summed E-state index contributed by atoms with van der Waals surface area (Å²) in [7, 11) is -3.67. The maximum atomic E-state index is 12.1. The van der Waals surface area contributed by atoms with Gasteiger partial charge in [0.1, 0.15) is 0 Å². The van der Waals surface area contributed by atoms with Crippen LogP contribution in [0.15, 0.2) is 54.6 Å². The van der Waals surface area contributed by atoms with Crippen molar-refractivity contribution in [1.29, 1.82) is 0 Å². The Bertz CT molecular complexity index is 1130. The molecule has 9 heteroatoms. The van der Waals surface area contributed by atoms with Crippen molar-refractivity contribution < 1.29 is 17.7 Å². The first-order valence-corrected chi connectivity index (χ1v) is 11.6. The van der Waals surface area contributed by atoms with Gasteiger partial charge in [0.25, 0.3) is 0 Å². The Morgan fingerprint density at radius 3 is 2.57 bits per heavy atom. The van der Waals surface area contributed by atoms with E-state index in [-0.39, 0.29) is 18.2 Å². The van der Waals surface area contributed by atoms with Crippen LogP contribution in [-0.4, -0.2) is 47.1 Å². The number of aliphatic hydroxyl groups excluding tert-OH is 1. The van der Waals surface area contributed by atoms with Gasteiger partial charge in [-0.1, -0.05) is 54.1 Å². The number of benzene rings is 2. The van der Waals surface area contributed by atoms with Crippen molar-refractivity contribution in [2.75, 3.05) is 18.9 Å². The molecule has 0 bridgehead atoms. The molecule has 7 nitrogen and oxygen atoms in total. The van der Waals surface area contributed by atoms with Crippen molar-refractivity contribution in [3.8, 4) is 11.6 Å². The summed E-state index contributed by atoms with van der Waals surface area (Å²) >= 11 is 6.34. The number of hydrogen-bond acceptors (Lipinski definition) is 6. The minimum atomic E-state index is -3.67. The lowest BCUT2D eigenvalue weighted by Crippen LogP contribution is -2.27. The summed E-state index contributed by atoms with van der Waals surface area (Å²) in [5, 5.41) is 14.6. The van der Waals surface area contributed by atoms with Crippen LogP contribution < -0.4 is 4.18 Å². The molecule has 0 aliphatic carbocycles. The zero-order valence-corrected chi connectivity index (χ0v) is 17.8. The Balaban J connectivity index is 1.72. The third kappa shape index (κ3) is 4.52. The summed E-state index contributed by atoms with van der Waals surface area (Å²) < 4.78 is 31.0. The highest BCUT2D eigenvalue weighted by Crippen LogP contribution is 2.34. The Morgan fingerprint density at radius 1 is 1.10 bits per heavy atom. The van der Waals surface area contributed by atoms with Gasteiger partial charge in [-0.25, -0.2) is 0 Å². The highest BCUT2D eigenvalue weighted by molar-refractivity contribution is 7.87. The van der Waals surface area contributed by atoms with E-state index in [2.05, 4.69) is 10.00 Å². The monoisotopic (exact) mass is 447 g/mol. The normalized spacial score (nSPS) is 15.0. The van der Waals surface area contributed by atoms with E-state index in [0.29, 0.717) is 42.5 Å². The molecule has 1 aromatic heterocycles. The third-order valence-corrected chi connectivity index (χ3v) is 6.38. The van der Waals surface area contributed by atoms with E-state index >= 15 is 0 Å². The molecule has 3 aromatic rings. The fraction of sp³-hybridized carbons (Fsp3) is 0.286. The Kier molecular flexibility index (Phi) is 6.10. The van der Waals surface area contributed by atoms with Gasteiger partial charge in [0.15, 0.2) is 0 Å². The predicted octanol–water partition coefficient (Wildman–Crippen LogP) is 2.78. The number of fused-ring (bicyclic) bond motifs is 1. The average molecular weight is 448 g/mol. The minimum absolute atomic E-state index is 0.00508. The molecular formula is C21H22ClN3O4S. The molecule has 0 spiro atoms. The number of rotatable bonds is 7. The number of para-hydroxylation sites is 1. The van der Waals surface area contributed by atoms with Gasteiger partial charge >= 0.3 is 10.1 Å². The second-order valence-corrected chi connectivity index (χ2v) is 9.21. The van der Waals surface area contributed by atoms with Crippen LogP contribution in [0.2, 0.25) is 5.02 Å². The molecule has 0 saturated heterocycles. The zero-order valence-electron chi connectivity index (χ0n) is 16.2. The van der Waals surface area contributed by atoms with Crippen LogP contribution in [0.5, 0.6) is 5.88 Å². The molecule has 1 N–H and O–H groups in total. The van der Waals surface area contributed by atoms with Crippen molar-refractivity contribution in [1.82, 2.24) is 14.7 Å². The molecule has 1 aliphatic heterocycles. The van der Waals surface area contributed by atoms with Gasteiger partial charge in [-0.2, -0.15) is 18.2 Å². The maximum absolute atomic E-state index is 12.1. The number of aliphatic hydroxyl groups is 1. The summed E-state index contributed by atoms with van der Waals surface area (Å²) in [5.41, 5.74) is 3.13. The quantitative estimate of drug-likeness (QED) is 0.560. The summed E-state index contributed by atoms with van der Waals surface area (Å²) in [6, 6.07) is 17.0. The van der Waals surface area contributed by atoms with E-state index in [9.17, 15) is 13.5 Å². The first-order chi connectivity index (χ1) is 14.5. The van der Waals surface area contributed by atoms with E-state index in [1.807, 2.05) is 30.3 Å². The van der Waals surface area contributed by atoms with Gasteiger partial charge < -0.3 is 9.29 Å². The standard InChI is InChI=1S/C21H22ClN3O4S/c22-18-8-4-5-9-20(18)25-21-17(10-13-30(27,28)29-21)19(23-25)15-24(11-12-26)14-16-6-2-1-3-7-16/h1-9,26H,10-15H2. The van der Waals surface area contributed by atoms with Gasteiger partial charge in [-0.15, -0.1) is 0 Å². The molecule has 0 atom stereocenters. The van der Waals surface area contributed by atoms with Crippen LogP contribution in [0.1, 0.15) is 16.8 Å². The molecule has 1 aliphatic rings. The molecule has 0 fully saturated rings. The van der Waals surface area contributed by atoms with Crippen molar-refractivity contribution in [2.45, 2.75) is 19.5 Å². The van der Waals surface area contributed by atoms with Crippen molar-refractivity contribution in [2.24, 2.45) is 0 Å². The first kappa shape index (κ1) is 20.9. The van der Waals surface area contributed by atoms with Crippen molar-refractivity contribution in [3.05, 3.63) is 76.4 Å². The molecule has 0 unspecified atom stereocenters. The van der Waals surface area contributed by atoms with Crippen LogP contribution in [0.4, 0.5) is 0 Å². The van der Waals surface area contributed by atoms with E-state index in [1.165, 1.54) is 4.68 Å². The molecule has 2 heterocycles. The van der Waals surface area contributed by atoms with Crippen LogP contribution in [-0.2, 0) is 29.6 Å². The number of aromatic nitrogens is 2. The molecule has 0 radical (unpaired) electrons. The number of nitrogens with zero attached hydrogens (tertiary/aromatic N) is 3. The number of halogens is 1. The predicted molar refractivity (Wildman–Crippen MR) is 114 cm³/mol. The molecule has 0 saturated carbocycles. The summed E-state index contributed by atoms with van der Waals surface area (Å²) in [6.45, 7) is 1.54. The van der Waals surface area contributed by atoms with E-state index in [1.54, 1.807) is 24.3 Å².